The fourth-order valence-electron chi connectivity index (χ4n) is 2.40. The van der Waals surface area contributed by atoms with Crippen molar-refractivity contribution in [1.29, 1.82) is 0 Å². The average Bonchev–Trinajstić information content (AvgIpc) is 3.03. The Morgan fingerprint density at radius 1 is 1.45 bits per heavy atom. The van der Waals surface area contributed by atoms with Crippen LogP contribution in [0.25, 0.3) is 0 Å². The number of thiazole rings is 1. The highest BCUT2D eigenvalue weighted by atomic mass is 32.2. The molecule has 1 aromatic carbocycles. The van der Waals surface area contributed by atoms with E-state index in [1.54, 1.807) is 29.7 Å². The van der Waals surface area contributed by atoms with Gasteiger partial charge < -0.3 is 5.32 Å². The third-order valence-electron chi connectivity index (χ3n) is 3.45. The van der Waals surface area contributed by atoms with E-state index in [1.807, 2.05) is 6.92 Å². The third-order valence-corrected chi connectivity index (χ3v) is 6.22. The monoisotopic (exact) mass is 341 g/mol. The minimum absolute atomic E-state index is 0.0736. The van der Waals surface area contributed by atoms with Crippen LogP contribution in [0.1, 0.15) is 16.3 Å². The fraction of sp³-hybridized carbons (Fsp3) is 0.357. The molecule has 2 aromatic rings. The van der Waals surface area contributed by atoms with E-state index in [1.165, 1.54) is 6.07 Å². The molecule has 1 aliphatic heterocycles. The van der Waals surface area contributed by atoms with Gasteiger partial charge in [-0.25, -0.2) is 17.8 Å². The number of anilines is 2. The van der Waals surface area contributed by atoms with Crippen molar-refractivity contribution in [3.05, 3.63) is 40.1 Å². The summed E-state index contributed by atoms with van der Waals surface area (Å²) < 4.78 is 39.0. The van der Waals surface area contributed by atoms with E-state index < -0.39 is 15.8 Å². The largest absolute Gasteiger partial charge is 0.380 e. The number of aromatic nitrogens is 1. The van der Waals surface area contributed by atoms with Gasteiger partial charge in [-0.1, -0.05) is 0 Å². The standard InChI is InChI=1S/C14H16FN3O2S2/c1-10-16-8-12(21-10)9-17-11-3-4-13(15)14(7-11)18-5-2-6-22(18,19)20/h3-4,7-8,17H,2,5-6,9H2,1H3. The number of benzene rings is 1. The number of aryl methyl sites for hydroxylation is 1. The summed E-state index contributed by atoms with van der Waals surface area (Å²) in [6.07, 6.45) is 2.32. The number of hydrogen-bond donors (Lipinski definition) is 1. The molecule has 1 saturated heterocycles. The van der Waals surface area contributed by atoms with Gasteiger partial charge in [0.25, 0.3) is 0 Å². The molecule has 0 unspecified atom stereocenters. The molecule has 0 atom stereocenters. The van der Waals surface area contributed by atoms with Crippen molar-refractivity contribution in [3.63, 3.8) is 0 Å². The first kappa shape index (κ1) is 15.2. The zero-order chi connectivity index (χ0) is 15.7. The maximum absolute atomic E-state index is 14.0. The van der Waals surface area contributed by atoms with Crippen LogP contribution in [0.4, 0.5) is 15.8 Å². The van der Waals surface area contributed by atoms with E-state index in [0.717, 1.165) is 14.2 Å². The van der Waals surface area contributed by atoms with Crippen molar-refractivity contribution < 1.29 is 12.8 Å². The summed E-state index contributed by atoms with van der Waals surface area (Å²) in [6.45, 7) is 2.84. The van der Waals surface area contributed by atoms with Crippen molar-refractivity contribution >= 4 is 32.7 Å². The predicted octanol–water partition coefficient (Wildman–Crippen LogP) is 2.74. The lowest BCUT2D eigenvalue weighted by molar-refractivity contribution is 0.595. The Labute approximate surface area is 132 Å². The van der Waals surface area contributed by atoms with Crippen molar-refractivity contribution in [1.82, 2.24) is 4.98 Å². The second kappa shape index (κ2) is 5.85. The second-order valence-corrected chi connectivity index (χ2v) is 8.44. The van der Waals surface area contributed by atoms with E-state index >= 15 is 0 Å². The van der Waals surface area contributed by atoms with Crippen LogP contribution < -0.4 is 9.62 Å². The SMILES string of the molecule is Cc1ncc(CNc2ccc(F)c(N3CCCS3(=O)=O)c2)s1. The van der Waals surface area contributed by atoms with E-state index in [4.69, 9.17) is 0 Å². The van der Waals surface area contributed by atoms with Gasteiger partial charge in [-0.05, 0) is 31.5 Å². The number of nitrogens with one attached hydrogen (secondary N) is 1. The molecule has 2 heterocycles. The van der Waals surface area contributed by atoms with Crippen molar-refractivity contribution in [2.75, 3.05) is 21.9 Å². The zero-order valence-electron chi connectivity index (χ0n) is 12.0. The lowest BCUT2D eigenvalue weighted by Crippen LogP contribution is -2.26. The lowest BCUT2D eigenvalue weighted by Gasteiger charge is -2.18. The molecular formula is C14H16FN3O2S2. The molecule has 0 saturated carbocycles. The molecule has 1 fully saturated rings. The van der Waals surface area contributed by atoms with Crippen molar-refractivity contribution in [3.8, 4) is 0 Å². The highest BCUT2D eigenvalue weighted by Gasteiger charge is 2.30. The summed E-state index contributed by atoms with van der Waals surface area (Å²) in [5.74, 6) is -0.450. The Bertz CT molecular complexity index is 789. The first-order valence-electron chi connectivity index (χ1n) is 6.91. The highest BCUT2D eigenvalue weighted by Crippen LogP contribution is 2.29. The summed E-state index contributed by atoms with van der Waals surface area (Å²) in [7, 11) is -3.39. The summed E-state index contributed by atoms with van der Waals surface area (Å²) in [6, 6.07) is 4.45. The van der Waals surface area contributed by atoms with Gasteiger partial charge in [-0.3, -0.25) is 4.31 Å². The van der Waals surface area contributed by atoms with E-state index in [9.17, 15) is 12.8 Å². The summed E-state index contributed by atoms with van der Waals surface area (Å²) in [5.41, 5.74) is 0.799. The molecule has 0 spiro atoms. The average molecular weight is 341 g/mol. The van der Waals surface area contributed by atoms with Crippen LogP contribution in [-0.2, 0) is 16.6 Å². The van der Waals surface area contributed by atoms with Gasteiger partial charge in [0.2, 0.25) is 10.0 Å². The van der Waals surface area contributed by atoms with Gasteiger partial charge in [-0.2, -0.15) is 0 Å². The van der Waals surface area contributed by atoms with E-state index in [0.29, 0.717) is 25.2 Å². The van der Waals surface area contributed by atoms with Crippen LogP contribution in [-0.4, -0.2) is 25.7 Å². The molecule has 0 amide bonds. The fourth-order valence-corrected chi connectivity index (χ4v) is 4.70. The normalized spacial score (nSPS) is 16.9. The Kier molecular flexibility index (Phi) is 4.05. The Balaban J connectivity index is 1.81. The molecule has 1 aliphatic rings. The lowest BCUT2D eigenvalue weighted by atomic mass is 10.2. The van der Waals surface area contributed by atoms with Gasteiger partial charge in [0, 0.05) is 23.3 Å². The van der Waals surface area contributed by atoms with Gasteiger partial charge in [0.05, 0.1) is 23.0 Å². The molecular weight excluding hydrogens is 325 g/mol. The number of rotatable bonds is 4. The Morgan fingerprint density at radius 2 is 2.27 bits per heavy atom. The first-order valence-corrected chi connectivity index (χ1v) is 9.33. The molecule has 3 rings (SSSR count). The van der Waals surface area contributed by atoms with Crippen LogP contribution in [0.3, 0.4) is 0 Å². The first-order chi connectivity index (χ1) is 10.5. The van der Waals surface area contributed by atoms with E-state index in [2.05, 4.69) is 10.3 Å². The topological polar surface area (TPSA) is 62.3 Å². The summed E-state index contributed by atoms with van der Waals surface area (Å²) in [4.78, 5) is 5.24. The van der Waals surface area contributed by atoms with E-state index in [-0.39, 0.29) is 11.4 Å². The number of hydrogen-bond acceptors (Lipinski definition) is 5. The molecule has 1 aromatic heterocycles. The quantitative estimate of drug-likeness (QED) is 0.929. The molecule has 0 bridgehead atoms. The summed E-state index contributed by atoms with van der Waals surface area (Å²) >= 11 is 1.59. The smallest absolute Gasteiger partial charge is 0.235 e. The van der Waals surface area contributed by atoms with Crippen LogP contribution in [0.5, 0.6) is 0 Å². The van der Waals surface area contributed by atoms with Crippen molar-refractivity contribution in [2.45, 2.75) is 19.9 Å². The molecule has 5 nitrogen and oxygen atoms in total. The molecule has 22 heavy (non-hydrogen) atoms. The minimum Gasteiger partial charge on any atom is -0.380 e. The number of nitrogens with zero attached hydrogens (tertiary/aromatic N) is 2. The molecule has 0 radical (unpaired) electrons. The molecule has 118 valence electrons. The van der Waals surface area contributed by atoms with Crippen LogP contribution in [0, 0.1) is 12.7 Å². The van der Waals surface area contributed by atoms with Gasteiger partial charge in [0.15, 0.2) is 0 Å². The van der Waals surface area contributed by atoms with Crippen LogP contribution in [0.2, 0.25) is 0 Å². The van der Waals surface area contributed by atoms with Gasteiger partial charge in [-0.15, -0.1) is 11.3 Å². The Hall–Kier alpha value is -1.67. The predicted molar refractivity (Wildman–Crippen MR) is 86.3 cm³/mol. The van der Waals surface area contributed by atoms with Gasteiger partial charge in [0.1, 0.15) is 5.82 Å². The van der Waals surface area contributed by atoms with Crippen LogP contribution in [0.15, 0.2) is 24.4 Å². The molecule has 1 N–H and O–H groups in total. The van der Waals surface area contributed by atoms with Gasteiger partial charge >= 0.3 is 0 Å². The Morgan fingerprint density at radius 3 is 2.91 bits per heavy atom. The zero-order valence-corrected chi connectivity index (χ0v) is 13.7. The minimum atomic E-state index is -3.39. The number of halogens is 1. The van der Waals surface area contributed by atoms with Crippen molar-refractivity contribution in [2.24, 2.45) is 0 Å². The third kappa shape index (κ3) is 3.07. The number of sulfonamides is 1. The molecule has 8 heteroatoms. The highest BCUT2D eigenvalue weighted by molar-refractivity contribution is 7.93. The maximum atomic E-state index is 14.0. The molecule has 0 aliphatic carbocycles. The maximum Gasteiger partial charge on any atom is 0.235 e. The summed E-state index contributed by atoms with van der Waals surface area (Å²) in [5, 5.41) is 4.16. The second-order valence-electron chi connectivity index (χ2n) is 5.11. The van der Waals surface area contributed by atoms with Crippen LogP contribution >= 0.6 is 11.3 Å².